The molecule has 0 aliphatic rings. The Balaban J connectivity index is 4.62. The first-order valence-corrected chi connectivity index (χ1v) is 5.36. The van der Waals surface area contributed by atoms with Gasteiger partial charge in [0.2, 0.25) is 0 Å². The van der Waals surface area contributed by atoms with E-state index in [4.69, 9.17) is 5.11 Å². The highest BCUT2D eigenvalue weighted by molar-refractivity contribution is 7.80. The summed E-state index contributed by atoms with van der Waals surface area (Å²) >= 11 is 4.09. The molecule has 0 radical (unpaired) electrons. The van der Waals surface area contributed by atoms with E-state index in [2.05, 4.69) is 17.9 Å². The molecule has 15 heavy (non-hydrogen) atoms. The summed E-state index contributed by atoms with van der Waals surface area (Å²) in [6.07, 6.45) is -0.207. The van der Waals surface area contributed by atoms with E-state index in [1.165, 1.54) is 0 Å². The van der Waals surface area contributed by atoms with E-state index in [0.29, 0.717) is 0 Å². The summed E-state index contributed by atoms with van der Waals surface area (Å²) in [6.45, 7) is 7.08. The first-order valence-electron chi connectivity index (χ1n) is 4.85. The van der Waals surface area contributed by atoms with Crippen LogP contribution in [0.25, 0.3) is 0 Å². The number of aliphatic carboxylic acids is 1. The molecule has 0 aromatic rings. The van der Waals surface area contributed by atoms with Gasteiger partial charge in [0.05, 0.1) is 12.5 Å². The number of carbonyl (C=O) groups excluding carboxylic acids is 1. The van der Waals surface area contributed by atoms with Gasteiger partial charge in [-0.25, -0.2) is 0 Å². The van der Waals surface area contributed by atoms with Gasteiger partial charge >= 0.3 is 5.97 Å². The Hall–Kier alpha value is -0.550. The Kier molecular flexibility index (Phi) is 5.31. The van der Waals surface area contributed by atoms with Gasteiger partial charge in [-0.1, -0.05) is 20.8 Å². The minimum absolute atomic E-state index is 0.106. The summed E-state index contributed by atoms with van der Waals surface area (Å²) in [5, 5.41) is 11.3. The van der Waals surface area contributed by atoms with Crippen molar-refractivity contribution in [1.29, 1.82) is 0 Å². The molecule has 0 spiro atoms. The molecule has 0 aromatic heterocycles. The van der Waals surface area contributed by atoms with E-state index in [1.807, 2.05) is 0 Å². The summed E-state index contributed by atoms with van der Waals surface area (Å²) in [5.74, 6) is -1.09. The fourth-order valence-electron chi connectivity index (χ4n) is 1.22. The summed E-state index contributed by atoms with van der Waals surface area (Å²) in [4.78, 5) is 22.5. The molecule has 2 atom stereocenters. The average molecular weight is 233 g/mol. The molecular formula is C10H19NO3S. The normalized spacial score (nSPS) is 15.8. The minimum Gasteiger partial charge on any atom is -0.481 e. The van der Waals surface area contributed by atoms with E-state index >= 15 is 0 Å². The predicted octanol–water partition coefficient (Wildman–Crippen LogP) is 1.31. The van der Waals surface area contributed by atoms with E-state index in [9.17, 15) is 9.59 Å². The van der Waals surface area contributed by atoms with E-state index in [-0.39, 0.29) is 17.6 Å². The Morgan fingerprint density at radius 3 is 2.13 bits per heavy atom. The zero-order chi connectivity index (χ0) is 12.2. The minimum atomic E-state index is -0.987. The molecule has 0 aliphatic carbocycles. The molecule has 88 valence electrons. The lowest BCUT2D eigenvalue weighted by atomic mass is 9.85. The number of carboxylic acid groups (broad SMARTS) is 1. The quantitative estimate of drug-likeness (QED) is 0.495. The van der Waals surface area contributed by atoms with Crippen molar-refractivity contribution < 1.29 is 14.7 Å². The smallest absolute Gasteiger partial charge is 0.305 e. The third kappa shape index (κ3) is 5.79. The number of carbonyl (C=O) groups is 2. The van der Waals surface area contributed by atoms with Gasteiger partial charge in [0.1, 0.15) is 0 Å². The second-order valence-corrected chi connectivity index (χ2v) is 5.38. The molecule has 0 aliphatic heterocycles. The third-order valence-electron chi connectivity index (χ3n) is 1.88. The van der Waals surface area contributed by atoms with Gasteiger partial charge in [-0.3, -0.25) is 14.9 Å². The van der Waals surface area contributed by atoms with Gasteiger partial charge in [-0.2, -0.15) is 12.6 Å². The Morgan fingerprint density at radius 1 is 1.40 bits per heavy atom. The number of ketones is 1. The largest absolute Gasteiger partial charge is 0.481 e. The third-order valence-corrected chi connectivity index (χ3v) is 2.03. The number of Topliss-reactive ketones (excluding diaryl/α,β-unsaturated/α-hetero) is 1. The van der Waals surface area contributed by atoms with E-state index < -0.39 is 17.4 Å². The van der Waals surface area contributed by atoms with Gasteiger partial charge in [0.25, 0.3) is 0 Å². The van der Waals surface area contributed by atoms with E-state index in [0.717, 1.165) is 0 Å². The summed E-state index contributed by atoms with van der Waals surface area (Å²) < 4.78 is 0. The molecule has 4 nitrogen and oxygen atoms in total. The molecule has 0 heterocycles. The number of thiol groups is 1. The van der Waals surface area contributed by atoms with Crippen LogP contribution in [0.4, 0.5) is 0 Å². The van der Waals surface area contributed by atoms with Gasteiger partial charge in [-0.15, -0.1) is 0 Å². The van der Waals surface area contributed by atoms with Crippen LogP contribution in [0, 0.1) is 5.41 Å². The summed E-state index contributed by atoms with van der Waals surface area (Å²) in [7, 11) is 0. The highest BCUT2D eigenvalue weighted by Gasteiger charge is 2.31. The maximum absolute atomic E-state index is 11.9. The molecule has 5 heteroatoms. The number of hydrogen-bond acceptors (Lipinski definition) is 4. The number of hydrogen-bond donors (Lipinski definition) is 3. The monoisotopic (exact) mass is 233 g/mol. The molecule has 0 rings (SSSR count). The number of nitrogens with one attached hydrogen (secondary N) is 1. The van der Waals surface area contributed by atoms with Crippen molar-refractivity contribution in [2.24, 2.45) is 5.41 Å². The van der Waals surface area contributed by atoms with Gasteiger partial charge in [-0.05, 0) is 6.92 Å². The lowest BCUT2D eigenvalue weighted by Crippen LogP contribution is -2.46. The Morgan fingerprint density at radius 2 is 1.87 bits per heavy atom. The maximum atomic E-state index is 11.9. The van der Waals surface area contributed by atoms with Crippen LogP contribution in [0.1, 0.15) is 34.1 Å². The van der Waals surface area contributed by atoms with Gasteiger partial charge < -0.3 is 5.11 Å². The van der Waals surface area contributed by atoms with Crippen LogP contribution in [-0.2, 0) is 9.59 Å². The molecule has 2 N–H and O–H groups in total. The van der Waals surface area contributed by atoms with E-state index in [1.54, 1.807) is 27.7 Å². The van der Waals surface area contributed by atoms with Crippen LogP contribution in [-0.4, -0.2) is 28.3 Å². The highest BCUT2D eigenvalue weighted by atomic mass is 32.1. The molecule has 0 saturated heterocycles. The Labute approximate surface area is 95.8 Å². The van der Waals surface area contributed by atoms with Crippen LogP contribution in [0.5, 0.6) is 0 Å². The van der Waals surface area contributed by atoms with Crippen molar-refractivity contribution in [2.75, 3.05) is 0 Å². The fraction of sp³-hybridized carbons (Fsp3) is 0.800. The summed E-state index contributed by atoms with van der Waals surface area (Å²) in [6, 6.07) is -0.671. The van der Waals surface area contributed by atoms with Crippen LogP contribution in [0.3, 0.4) is 0 Å². The lowest BCUT2D eigenvalue weighted by Gasteiger charge is -2.25. The zero-order valence-electron chi connectivity index (χ0n) is 9.57. The van der Waals surface area contributed by atoms with Gasteiger partial charge in [0, 0.05) is 10.8 Å². The van der Waals surface area contributed by atoms with Crippen molar-refractivity contribution in [3.8, 4) is 0 Å². The first kappa shape index (κ1) is 14.5. The maximum Gasteiger partial charge on any atom is 0.305 e. The van der Waals surface area contributed by atoms with Crippen molar-refractivity contribution in [1.82, 2.24) is 5.32 Å². The van der Waals surface area contributed by atoms with Crippen molar-refractivity contribution in [3.63, 3.8) is 0 Å². The van der Waals surface area contributed by atoms with Crippen molar-refractivity contribution in [3.05, 3.63) is 0 Å². The van der Waals surface area contributed by atoms with Gasteiger partial charge in [0.15, 0.2) is 5.78 Å². The summed E-state index contributed by atoms with van der Waals surface area (Å²) in [5.41, 5.74) is -0.546. The van der Waals surface area contributed by atoms with Crippen LogP contribution < -0.4 is 5.32 Å². The topological polar surface area (TPSA) is 66.4 Å². The van der Waals surface area contributed by atoms with Crippen LogP contribution in [0.15, 0.2) is 0 Å². The molecule has 0 amide bonds. The lowest BCUT2D eigenvalue weighted by molar-refractivity contribution is -0.141. The van der Waals surface area contributed by atoms with Crippen molar-refractivity contribution >= 4 is 24.4 Å². The first-order chi connectivity index (χ1) is 6.64. The standard InChI is InChI=1S/C10H19NO3S/c1-6(15)11-7(5-8(12)13)9(14)10(2,3)4/h6-7,11,15H,5H2,1-4H3,(H,12,13). The average Bonchev–Trinajstić information content (AvgIpc) is 1.98. The molecule has 0 bridgehead atoms. The molecule has 0 fully saturated rings. The zero-order valence-corrected chi connectivity index (χ0v) is 10.5. The second kappa shape index (κ2) is 5.51. The second-order valence-electron chi connectivity index (χ2n) is 4.61. The fourth-order valence-corrected chi connectivity index (χ4v) is 1.40. The highest BCUT2D eigenvalue weighted by Crippen LogP contribution is 2.18. The molecular weight excluding hydrogens is 214 g/mol. The van der Waals surface area contributed by atoms with Crippen molar-refractivity contribution in [2.45, 2.75) is 45.5 Å². The SMILES string of the molecule is CC(S)NC(CC(=O)O)C(=O)C(C)(C)C. The number of carboxylic acids is 1. The Bertz CT molecular complexity index is 246. The predicted molar refractivity (Wildman–Crippen MR) is 62.1 cm³/mol. The van der Waals surface area contributed by atoms with Crippen LogP contribution in [0.2, 0.25) is 0 Å². The molecule has 0 saturated carbocycles. The molecule has 0 aromatic carbocycles. The van der Waals surface area contributed by atoms with Crippen LogP contribution >= 0.6 is 12.6 Å². The molecule has 2 unspecified atom stereocenters. The number of rotatable bonds is 5.